The number of pyridine rings is 1. The van der Waals surface area contributed by atoms with Crippen molar-refractivity contribution in [3.05, 3.63) is 115 Å². The number of benzene rings is 2. The Morgan fingerprint density at radius 1 is 1.05 bits per heavy atom. The minimum Gasteiger partial charge on any atom is -0.462 e. The first kappa shape index (κ1) is 28.0. The Morgan fingerprint density at radius 2 is 1.86 bits per heavy atom. The van der Waals surface area contributed by atoms with Gasteiger partial charge in [0.05, 0.1) is 27.3 Å². The molecule has 0 atom stereocenters. The number of amides is 1. The number of aromatic nitrogens is 1. The molecule has 0 radical (unpaired) electrons. The number of fused-ring (bicyclic) bond motifs is 1. The van der Waals surface area contributed by atoms with Crippen LogP contribution in [0, 0.1) is 17.0 Å². The minimum absolute atomic E-state index is 0.0153. The first-order valence-electron chi connectivity index (χ1n) is 13.5. The van der Waals surface area contributed by atoms with Crippen LogP contribution in [0.2, 0.25) is 0 Å². The summed E-state index contributed by atoms with van der Waals surface area (Å²) in [7, 11) is 0. The Bertz CT molecular complexity index is 1820. The van der Waals surface area contributed by atoms with E-state index in [1.54, 1.807) is 23.5 Å². The topological polar surface area (TPSA) is 92.7 Å². The van der Waals surface area contributed by atoms with Gasteiger partial charge >= 0.3 is 0 Å². The van der Waals surface area contributed by atoms with Crippen molar-refractivity contribution in [2.45, 2.75) is 13.5 Å². The quantitative estimate of drug-likeness (QED) is 0.134. The normalized spacial score (nSPS) is 14.2. The number of piperazine rings is 1. The largest absolute Gasteiger partial charge is 0.462 e. The second-order valence-corrected chi connectivity index (χ2v) is 12.2. The molecule has 0 aliphatic carbocycles. The molecule has 1 amide bonds. The second kappa shape index (κ2) is 12.0. The predicted molar refractivity (Wildman–Crippen MR) is 169 cm³/mol. The van der Waals surface area contributed by atoms with E-state index in [4.69, 9.17) is 9.40 Å². The van der Waals surface area contributed by atoms with Gasteiger partial charge in [-0.25, -0.2) is 4.98 Å². The maximum absolute atomic E-state index is 13.8. The van der Waals surface area contributed by atoms with E-state index < -0.39 is 0 Å². The lowest BCUT2D eigenvalue weighted by molar-refractivity contribution is -0.384. The van der Waals surface area contributed by atoms with Gasteiger partial charge in [0.15, 0.2) is 0 Å². The first-order valence-corrected chi connectivity index (χ1v) is 15.1. The van der Waals surface area contributed by atoms with Crippen LogP contribution < -0.4 is 0 Å². The molecular weight excluding hydrogens is 616 g/mol. The monoisotopic (exact) mass is 642 g/mol. The van der Waals surface area contributed by atoms with E-state index in [0.717, 1.165) is 56.3 Å². The molecule has 1 fully saturated rings. The van der Waals surface area contributed by atoms with Gasteiger partial charge in [0.2, 0.25) is 0 Å². The van der Waals surface area contributed by atoms with Crippen molar-refractivity contribution >= 4 is 61.9 Å². The van der Waals surface area contributed by atoms with Crippen molar-refractivity contribution < 1.29 is 14.1 Å². The Kier molecular flexibility index (Phi) is 8.01. The summed E-state index contributed by atoms with van der Waals surface area (Å²) >= 11 is 5.12. The number of nitro groups is 1. The Labute approximate surface area is 255 Å². The summed E-state index contributed by atoms with van der Waals surface area (Å²) in [6.45, 7) is 5.32. The van der Waals surface area contributed by atoms with Gasteiger partial charge in [0, 0.05) is 58.4 Å². The molecule has 5 aromatic rings. The molecule has 4 heterocycles. The molecule has 0 N–H and O–H groups in total. The highest BCUT2D eigenvalue weighted by atomic mass is 79.9. The van der Waals surface area contributed by atoms with Crippen molar-refractivity contribution in [1.29, 1.82) is 0 Å². The van der Waals surface area contributed by atoms with E-state index >= 15 is 0 Å². The number of carbonyl (C=O) groups excluding carboxylic acids is 1. The van der Waals surface area contributed by atoms with Gasteiger partial charge in [-0.1, -0.05) is 28.1 Å². The molecule has 0 unspecified atom stereocenters. The van der Waals surface area contributed by atoms with Gasteiger partial charge in [-0.2, -0.15) is 0 Å². The zero-order chi connectivity index (χ0) is 29.2. The third-order valence-corrected chi connectivity index (χ3v) is 8.86. The lowest BCUT2D eigenvalue weighted by Crippen LogP contribution is -2.48. The minimum atomic E-state index is -0.338. The maximum Gasteiger partial charge on any atom is 0.278 e. The molecule has 0 spiro atoms. The summed E-state index contributed by atoms with van der Waals surface area (Å²) in [5.41, 5.74) is 2.82. The van der Waals surface area contributed by atoms with E-state index in [0.29, 0.717) is 29.9 Å². The molecule has 42 heavy (non-hydrogen) atoms. The highest BCUT2D eigenvalue weighted by molar-refractivity contribution is 9.10. The molecular formula is C32H27BrN4O4S. The van der Waals surface area contributed by atoms with Crippen molar-refractivity contribution in [2.24, 2.45) is 0 Å². The molecule has 2 aromatic carbocycles. The number of aryl methyl sites for hydroxylation is 1. The highest BCUT2D eigenvalue weighted by Crippen LogP contribution is 2.35. The molecule has 3 aromatic heterocycles. The van der Waals surface area contributed by atoms with Gasteiger partial charge in [-0.3, -0.25) is 19.8 Å². The van der Waals surface area contributed by atoms with Crippen LogP contribution in [0.15, 0.2) is 81.7 Å². The number of nitrogens with zero attached hydrogens (tertiary/aromatic N) is 4. The van der Waals surface area contributed by atoms with Crippen LogP contribution in [0.4, 0.5) is 5.69 Å². The van der Waals surface area contributed by atoms with Gasteiger partial charge in [0.1, 0.15) is 11.5 Å². The van der Waals surface area contributed by atoms with Crippen molar-refractivity contribution in [3.8, 4) is 10.4 Å². The summed E-state index contributed by atoms with van der Waals surface area (Å²) in [6.07, 6.45) is 3.73. The molecule has 0 bridgehead atoms. The zero-order valence-electron chi connectivity index (χ0n) is 22.8. The standard InChI is InChI=1S/C32H27BrN4O4S/c1-21-6-9-24(41-21)10-8-23-19-28(27-18-22(33)7-12-29(27)34-23)32(38)36-16-14-35(15-17-36)20-25-11-13-31(42-25)26-4-2-3-5-30(26)37(39)40/h2-13,18-19H,14-17,20H2,1H3/b10-8+. The fourth-order valence-corrected chi connectivity index (χ4v) is 6.59. The summed E-state index contributed by atoms with van der Waals surface area (Å²) in [5, 5.41) is 12.3. The van der Waals surface area contributed by atoms with Gasteiger partial charge < -0.3 is 9.32 Å². The Morgan fingerprint density at radius 3 is 2.62 bits per heavy atom. The Hall–Kier alpha value is -4.12. The van der Waals surface area contributed by atoms with Crippen molar-refractivity contribution in [1.82, 2.24) is 14.8 Å². The second-order valence-electron chi connectivity index (χ2n) is 10.1. The highest BCUT2D eigenvalue weighted by Gasteiger charge is 2.25. The third-order valence-electron chi connectivity index (χ3n) is 7.27. The van der Waals surface area contributed by atoms with E-state index in [1.807, 2.05) is 78.6 Å². The van der Waals surface area contributed by atoms with Crippen LogP contribution in [0.1, 0.15) is 32.4 Å². The summed E-state index contributed by atoms with van der Waals surface area (Å²) in [4.78, 5) is 36.0. The Balaban J connectivity index is 1.16. The number of carbonyl (C=O) groups is 1. The summed E-state index contributed by atoms with van der Waals surface area (Å²) in [5.74, 6) is 1.55. The summed E-state index contributed by atoms with van der Waals surface area (Å²) in [6, 6.07) is 22.3. The van der Waals surface area contributed by atoms with E-state index in [-0.39, 0.29) is 16.5 Å². The number of para-hydroxylation sites is 1. The average Bonchev–Trinajstić information content (AvgIpc) is 3.64. The first-order chi connectivity index (χ1) is 20.3. The van der Waals surface area contributed by atoms with E-state index in [9.17, 15) is 14.9 Å². The van der Waals surface area contributed by atoms with Crippen LogP contribution in [-0.2, 0) is 6.54 Å². The van der Waals surface area contributed by atoms with E-state index in [2.05, 4.69) is 20.8 Å². The number of hydrogen-bond donors (Lipinski definition) is 0. The molecule has 212 valence electrons. The number of furan rings is 1. The number of halogens is 1. The molecule has 10 heteroatoms. The number of nitro benzene ring substituents is 1. The molecule has 1 aliphatic heterocycles. The lowest BCUT2D eigenvalue weighted by atomic mass is 10.1. The van der Waals surface area contributed by atoms with Crippen LogP contribution in [0.5, 0.6) is 0 Å². The number of rotatable bonds is 7. The fraction of sp³-hybridized carbons (Fsp3) is 0.188. The third kappa shape index (κ3) is 6.06. The SMILES string of the molecule is Cc1ccc(/C=C/c2cc(C(=O)N3CCN(Cc4ccc(-c5ccccc5[N+](=O)[O-])s4)CC3)c3cc(Br)ccc3n2)o1. The van der Waals surface area contributed by atoms with Crippen LogP contribution in [-0.4, -0.2) is 51.8 Å². The predicted octanol–water partition coefficient (Wildman–Crippen LogP) is 7.66. The van der Waals surface area contributed by atoms with Gasteiger partial charge in [0.25, 0.3) is 11.6 Å². The van der Waals surface area contributed by atoms with Crippen LogP contribution >= 0.6 is 27.3 Å². The maximum atomic E-state index is 13.8. The molecule has 1 saturated heterocycles. The number of hydrogen-bond acceptors (Lipinski definition) is 7. The lowest BCUT2D eigenvalue weighted by Gasteiger charge is -2.34. The van der Waals surface area contributed by atoms with Crippen LogP contribution in [0.3, 0.4) is 0 Å². The van der Waals surface area contributed by atoms with E-state index in [1.165, 1.54) is 6.07 Å². The molecule has 1 aliphatic rings. The molecule has 6 rings (SSSR count). The van der Waals surface area contributed by atoms with Crippen molar-refractivity contribution in [3.63, 3.8) is 0 Å². The molecule has 0 saturated carbocycles. The summed E-state index contributed by atoms with van der Waals surface area (Å²) < 4.78 is 6.54. The average molecular weight is 644 g/mol. The van der Waals surface area contributed by atoms with Crippen LogP contribution in [0.25, 0.3) is 33.5 Å². The smallest absolute Gasteiger partial charge is 0.278 e. The zero-order valence-corrected chi connectivity index (χ0v) is 25.2. The molecule has 8 nitrogen and oxygen atoms in total. The van der Waals surface area contributed by atoms with Gasteiger partial charge in [-0.05, 0) is 73.7 Å². The fourth-order valence-electron chi connectivity index (χ4n) is 5.14. The van der Waals surface area contributed by atoms with Crippen molar-refractivity contribution in [2.75, 3.05) is 26.2 Å². The number of thiophene rings is 1. The van der Waals surface area contributed by atoms with Gasteiger partial charge in [-0.15, -0.1) is 11.3 Å².